The average molecular weight is 449 g/mol. The van der Waals surface area contributed by atoms with Crippen molar-refractivity contribution in [1.82, 2.24) is 15.3 Å². The van der Waals surface area contributed by atoms with Crippen LogP contribution in [0.25, 0.3) is 11.0 Å². The van der Waals surface area contributed by atoms with Gasteiger partial charge in [0.05, 0.1) is 18.8 Å². The summed E-state index contributed by atoms with van der Waals surface area (Å²) in [4.78, 5) is 31.9. The zero-order valence-electron chi connectivity index (χ0n) is 18.2. The minimum absolute atomic E-state index is 0.0808. The van der Waals surface area contributed by atoms with Crippen LogP contribution < -0.4 is 25.0 Å². The molecule has 170 valence electrons. The maximum absolute atomic E-state index is 13.0. The summed E-state index contributed by atoms with van der Waals surface area (Å²) in [5.74, 6) is 1.46. The molecule has 0 bridgehead atoms. The number of carbonyl (C=O) groups is 1. The number of nitrogens with zero attached hydrogens (tertiary/aromatic N) is 1. The van der Waals surface area contributed by atoms with Crippen molar-refractivity contribution in [2.24, 2.45) is 0 Å². The lowest BCUT2D eigenvalue weighted by Crippen LogP contribution is -2.30. The van der Waals surface area contributed by atoms with Crippen molar-refractivity contribution in [3.63, 3.8) is 0 Å². The number of amides is 1. The van der Waals surface area contributed by atoms with Crippen molar-refractivity contribution < 1.29 is 23.4 Å². The molecular formula is C24H23N3O6. The lowest BCUT2D eigenvalue weighted by molar-refractivity contribution is -0.123. The lowest BCUT2D eigenvalue weighted by atomic mass is 10.2. The van der Waals surface area contributed by atoms with Gasteiger partial charge < -0.3 is 28.9 Å². The molecule has 9 heteroatoms. The van der Waals surface area contributed by atoms with Gasteiger partial charge in [-0.25, -0.2) is 4.98 Å². The molecule has 0 aliphatic heterocycles. The molecule has 0 unspecified atom stereocenters. The van der Waals surface area contributed by atoms with E-state index in [-0.39, 0.29) is 23.7 Å². The number of methoxy groups -OCH3 is 1. The van der Waals surface area contributed by atoms with Crippen LogP contribution in [0, 0.1) is 6.92 Å². The van der Waals surface area contributed by atoms with Gasteiger partial charge in [0.15, 0.2) is 18.1 Å². The largest absolute Gasteiger partial charge is 0.493 e. The van der Waals surface area contributed by atoms with Crippen LogP contribution in [0.2, 0.25) is 0 Å². The molecule has 0 atom stereocenters. The van der Waals surface area contributed by atoms with Gasteiger partial charge in [-0.1, -0.05) is 12.1 Å². The Labute approximate surface area is 189 Å². The number of hydrogen-bond donors (Lipinski definition) is 2. The highest BCUT2D eigenvalue weighted by Gasteiger charge is 2.16. The van der Waals surface area contributed by atoms with Gasteiger partial charge in [0.25, 0.3) is 5.91 Å². The van der Waals surface area contributed by atoms with Gasteiger partial charge in [-0.05, 0) is 31.2 Å². The summed E-state index contributed by atoms with van der Waals surface area (Å²) in [7, 11) is 1.53. The van der Waals surface area contributed by atoms with E-state index in [9.17, 15) is 9.59 Å². The van der Waals surface area contributed by atoms with Crippen molar-refractivity contribution >= 4 is 16.9 Å². The SMILES string of the molecule is COc1ccccc1Oc1c(C)oc2cc(OCC(=O)NCCc3cnc[nH]3)ccc2c1=O. The van der Waals surface area contributed by atoms with E-state index < -0.39 is 0 Å². The first-order valence-electron chi connectivity index (χ1n) is 10.3. The summed E-state index contributed by atoms with van der Waals surface area (Å²) in [6.45, 7) is 1.95. The molecule has 2 aromatic carbocycles. The second kappa shape index (κ2) is 9.90. The first-order valence-corrected chi connectivity index (χ1v) is 10.3. The van der Waals surface area contributed by atoms with E-state index in [1.807, 2.05) is 6.07 Å². The number of H-pyrrole nitrogens is 1. The Morgan fingerprint density at radius 3 is 2.76 bits per heavy atom. The Kier molecular flexibility index (Phi) is 6.58. The van der Waals surface area contributed by atoms with Gasteiger partial charge in [0, 0.05) is 30.9 Å². The standard InChI is InChI=1S/C24H23N3O6/c1-15-24(33-20-6-4-3-5-19(20)30-2)23(29)18-8-7-17(11-21(18)32-15)31-13-22(28)26-10-9-16-12-25-14-27-16/h3-8,11-12,14H,9-10,13H2,1-2H3,(H,25,27)(H,26,28). The quantitative estimate of drug-likeness (QED) is 0.402. The maximum Gasteiger partial charge on any atom is 0.257 e. The predicted octanol–water partition coefficient (Wildman–Crippen LogP) is 3.36. The van der Waals surface area contributed by atoms with Crippen LogP contribution in [0.4, 0.5) is 0 Å². The first-order chi connectivity index (χ1) is 16.0. The second-order valence-corrected chi connectivity index (χ2v) is 7.19. The molecule has 1 amide bonds. The Balaban J connectivity index is 1.44. The van der Waals surface area contributed by atoms with Crippen molar-refractivity contribution in [3.05, 3.63) is 76.7 Å². The number of ether oxygens (including phenoxy) is 3. The predicted molar refractivity (Wildman–Crippen MR) is 121 cm³/mol. The Morgan fingerprint density at radius 1 is 1.18 bits per heavy atom. The zero-order chi connectivity index (χ0) is 23.2. The summed E-state index contributed by atoms with van der Waals surface area (Å²) >= 11 is 0. The molecule has 0 fully saturated rings. The molecule has 9 nitrogen and oxygen atoms in total. The van der Waals surface area contributed by atoms with Crippen LogP contribution in [0.15, 0.2) is 64.2 Å². The third-order valence-electron chi connectivity index (χ3n) is 4.91. The van der Waals surface area contributed by atoms with E-state index in [4.69, 9.17) is 18.6 Å². The number of fused-ring (bicyclic) bond motifs is 1. The number of aromatic amines is 1. The summed E-state index contributed by atoms with van der Waals surface area (Å²) in [5, 5.41) is 3.11. The number of carbonyl (C=O) groups excluding carboxylic acids is 1. The van der Waals surface area contributed by atoms with E-state index in [2.05, 4.69) is 15.3 Å². The highest BCUT2D eigenvalue weighted by molar-refractivity contribution is 5.80. The van der Waals surface area contributed by atoms with Crippen LogP contribution in [-0.4, -0.2) is 36.1 Å². The summed E-state index contributed by atoms with van der Waals surface area (Å²) in [5.41, 5.74) is 0.954. The summed E-state index contributed by atoms with van der Waals surface area (Å²) < 4.78 is 22.5. The molecule has 4 aromatic rings. The van der Waals surface area contributed by atoms with Gasteiger partial charge in [-0.15, -0.1) is 0 Å². The van der Waals surface area contributed by atoms with Crippen LogP contribution >= 0.6 is 0 Å². The molecule has 33 heavy (non-hydrogen) atoms. The Morgan fingerprint density at radius 2 is 2.00 bits per heavy atom. The highest BCUT2D eigenvalue weighted by Crippen LogP contribution is 2.32. The van der Waals surface area contributed by atoms with E-state index in [0.717, 1.165) is 5.69 Å². The number of imidazole rings is 1. The zero-order valence-corrected chi connectivity index (χ0v) is 18.2. The second-order valence-electron chi connectivity index (χ2n) is 7.19. The van der Waals surface area contributed by atoms with E-state index in [0.29, 0.717) is 46.9 Å². The van der Waals surface area contributed by atoms with Crippen LogP contribution in [-0.2, 0) is 11.2 Å². The molecule has 0 spiro atoms. The van der Waals surface area contributed by atoms with Crippen LogP contribution in [0.1, 0.15) is 11.5 Å². The number of hydrogen-bond acceptors (Lipinski definition) is 7. The summed E-state index contributed by atoms with van der Waals surface area (Å²) in [6, 6.07) is 11.8. The lowest BCUT2D eigenvalue weighted by Gasteiger charge is -2.12. The number of benzene rings is 2. The molecular weight excluding hydrogens is 426 g/mol. The van der Waals surface area contributed by atoms with Gasteiger partial charge in [0.2, 0.25) is 11.2 Å². The molecule has 0 saturated carbocycles. The maximum atomic E-state index is 13.0. The highest BCUT2D eigenvalue weighted by atomic mass is 16.5. The van der Waals surface area contributed by atoms with Crippen molar-refractivity contribution in [3.8, 4) is 23.0 Å². The number of nitrogens with one attached hydrogen (secondary N) is 2. The fraction of sp³-hybridized carbons (Fsp3) is 0.208. The van der Waals surface area contributed by atoms with Crippen molar-refractivity contribution in [1.29, 1.82) is 0 Å². The molecule has 4 rings (SSSR count). The minimum Gasteiger partial charge on any atom is -0.493 e. The van der Waals surface area contributed by atoms with Crippen LogP contribution in [0.3, 0.4) is 0 Å². The molecule has 0 aliphatic carbocycles. The number of para-hydroxylation sites is 2. The fourth-order valence-electron chi connectivity index (χ4n) is 3.25. The third-order valence-corrected chi connectivity index (χ3v) is 4.91. The van der Waals surface area contributed by atoms with Crippen molar-refractivity contribution in [2.45, 2.75) is 13.3 Å². The van der Waals surface area contributed by atoms with E-state index in [1.54, 1.807) is 55.8 Å². The minimum atomic E-state index is -0.317. The fourth-order valence-corrected chi connectivity index (χ4v) is 3.25. The molecule has 0 saturated heterocycles. The molecule has 0 radical (unpaired) electrons. The average Bonchev–Trinajstić information content (AvgIpc) is 3.34. The molecule has 2 heterocycles. The topological polar surface area (TPSA) is 116 Å². The monoisotopic (exact) mass is 449 g/mol. The van der Waals surface area contributed by atoms with E-state index >= 15 is 0 Å². The number of aromatic nitrogens is 2. The smallest absolute Gasteiger partial charge is 0.257 e. The number of rotatable bonds is 9. The van der Waals surface area contributed by atoms with Gasteiger partial charge in [0.1, 0.15) is 17.1 Å². The van der Waals surface area contributed by atoms with Crippen LogP contribution in [0.5, 0.6) is 23.0 Å². The van der Waals surface area contributed by atoms with Gasteiger partial charge >= 0.3 is 0 Å². The third kappa shape index (κ3) is 5.15. The molecule has 2 N–H and O–H groups in total. The van der Waals surface area contributed by atoms with Crippen molar-refractivity contribution in [2.75, 3.05) is 20.3 Å². The number of aryl methyl sites for hydroxylation is 1. The normalized spacial score (nSPS) is 10.7. The van der Waals surface area contributed by atoms with Gasteiger partial charge in [-0.3, -0.25) is 9.59 Å². The van der Waals surface area contributed by atoms with E-state index in [1.165, 1.54) is 7.11 Å². The Bertz CT molecular complexity index is 1310. The summed E-state index contributed by atoms with van der Waals surface area (Å²) in [6.07, 6.45) is 3.94. The first kappa shape index (κ1) is 21.9. The van der Waals surface area contributed by atoms with Gasteiger partial charge in [-0.2, -0.15) is 0 Å². The molecule has 2 aromatic heterocycles. The Hall–Kier alpha value is -4.27. The molecule has 0 aliphatic rings.